The fourth-order valence-corrected chi connectivity index (χ4v) is 7.86. The Labute approximate surface area is 282 Å². The molecule has 0 bridgehead atoms. The van der Waals surface area contributed by atoms with Crippen molar-refractivity contribution in [1.82, 2.24) is 4.98 Å². The van der Waals surface area contributed by atoms with E-state index in [0.717, 1.165) is 18.4 Å². The topological polar surface area (TPSA) is 12.9 Å². The average Bonchev–Trinajstić information content (AvgIpc) is 3.13. The number of aryl methyl sites for hydroxylation is 2. The molecule has 0 saturated carbocycles. The van der Waals surface area contributed by atoms with E-state index in [1.54, 1.807) is 0 Å². The summed E-state index contributed by atoms with van der Waals surface area (Å²) in [4.78, 5) is 4.35. The van der Waals surface area contributed by atoms with Crippen LogP contribution in [0.25, 0.3) is 76.8 Å². The zero-order valence-corrected chi connectivity index (χ0v) is 27.7. The van der Waals surface area contributed by atoms with Crippen LogP contribution in [0.2, 0.25) is 0 Å². The molecule has 48 heavy (non-hydrogen) atoms. The normalized spacial score (nSPS) is 12.7. The lowest BCUT2D eigenvalue weighted by Crippen LogP contribution is -2.13. The summed E-state index contributed by atoms with van der Waals surface area (Å²) in [6.45, 7) is 6.97. The number of benzene rings is 7. The van der Waals surface area contributed by atoms with Crippen molar-refractivity contribution in [3.05, 3.63) is 163 Å². The van der Waals surface area contributed by atoms with E-state index in [1.165, 1.54) is 88.0 Å². The molecule has 0 atom stereocenters. The molecular weight excluding hydrogens is 579 g/mol. The molecule has 0 radical (unpaired) electrons. The highest BCUT2D eigenvalue weighted by atomic mass is 14.6. The van der Waals surface area contributed by atoms with Crippen molar-refractivity contribution in [2.45, 2.75) is 39.0 Å². The van der Waals surface area contributed by atoms with Gasteiger partial charge >= 0.3 is 0 Å². The van der Waals surface area contributed by atoms with Crippen LogP contribution in [-0.2, 0) is 18.3 Å². The van der Waals surface area contributed by atoms with Gasteiger partial charge in [-0.2, -0.15) is 0 Å². The molecule has 0 spiro atoms. The molecule has 9 rings (SSSR count). The van der Waals surface area contributed by atoms with E-state index in [0.29, 0.717) is 0 Å². The van der Waals surface area contributed by atoms with Crippen LogP contribution in [0.15, 0.2) is 146 Å². The van der Waals surface area contributed by atoms with Crippen LogP contribution < -0.4 is 0 Å². The van der Waals surface area contributed by atoms with E-state index in [-0.39, 0.29) is 5.41 Å². The number of hydrogen-bond acceptors (Lipinski definition) is 1. The highest BCUT2D eigenvalue weighted by Crippen LogP contribution is 2.46. The molecule has 0 N–H and O–H groups in total. The van der Waals surface area contributed by atoms with Gasteiger partial charge in [0.1, 0.15) is 0 Å². The molecule has 0 unspecified atom stereocenters. The Morgan fingerprint density at radius 2 is 1.19 bits per heavy atom. The summed E-state index contributed by atoms with van der Waals surface area (Å²) in [7, 11) is 0. The minimum atomic E-state index is 0.106. The van der Waals surface area contributed by atoms with Gasteiger partial charge in [0.05, 0.1) is 0 Å². The zero-order chi connectivity index (χ0) is 32.4. The Bertz CT molecular complexity index is 2490. The Kier molecular flexibility index (Phi) is 6.59. The van der Waals surface area contributed by atoms with E-state index >= 15 is 0 Å². The number of aromatic nitrogens is 1. The first kappa shape index (κ1) is 28.7. The van der Waals surface area contributed by atoms with Gasteiger partial charge in [-0.1, -0.05) is 142 Å². The number of hydrogen-bond donors (Lipinski definition) is 0. The van der Waals surface area contributed by atoms with Crippen LogP contribution >= 0.6 is 0 Å². The van der Waals surface area contributed by atoms with E-state index < -0.39 is 0 Å². The summed E-state index contributed by atoms with van der Waals surface area (Å²) in [5, 5.41) is 8.12. The third-order valence-corrected chi connectivity index (χ3v) is 10.4. The van der Waals surface area contributed by atoms with Crippen LogP contribution in [0.3, 0.4) is 0 Å². The smallest absolute Gasteiger partial charge is 0.0346 e. The van der Waals surface area contributed by atoms with Crippen LogP contribution in [0.4, 0.5) is 0 Å². The van der Waals surface area contributed by atoms with Crippen molar-refractivity contribution in [2.24, 2.45) is 0 Å². The van der Waals surface area contributed by atoms with Crippen LogP contribution in [-0.4, -0.2) is 4.98 Å². The molecular formula is C47H37N. The second-order valence-electron chi connectivity index (χ2n) is 14.3. The first-order chi connectivity index (χ1) is 23.4. The fraction of sp³-hybridized carbons (Fsp3) is 0.128. The highest BCUT2D eigenvalue weighted by molar-refractivity contribution is 6.17. The number of pyridine rings is 1. The van der Waals surface area contributed by atoms with Gasteiger partial charge in [-0.05, 0) is 124 Å². The second-order valence-corrected chi connectivity index (χ2v) is 14.3. The lowest BCUT2D eigenvalue weighted by Gasteiger charge is -2.27. The number of fused-ring (bicyclic) bond motifs is 1. The standard InChI is InChI=1S/C47H37N/c1-47(2,3)38-26-35-21-23-41-43(33-15-13-30(14-16-33)37-10-7-25-48-29-37)28-44(42-24-22-36(27-38)45(35)46(41)42)34-19-17-32(18-20-34)40-12-6-9-31-8-4-5-11-39(31)40/h4-20,22,24-29H,21,23H2,1-3H3. The SMILES string of the molecule is CC(C)(C)c1cc2c3c(ccc4c(-c5ccc(-c6cccc7ccccc67)cc5)cc(-c5ccc(-c6cccnc6)cc5)c(c43)CC2)c1. The second kappa shape index (κ2) is 11.0. The molecule has 1 nitrogen and oxygen atoms in total. The molecule has 1 aliphatic rings. The van der Waals surface area contributed by atoms with Crippen molar-refractivity contribution in [1.29, 1.82) is 0 Å². The van der Waals surface area contributed by atoms with Crippen molar-refractivity contribution in [3.8, 4) is 44.5 Å². The van der Waals surface area contributed by atoms with E-state index in [4.69, 9.17) is 0 Å². The van der Waals surface area contributed by atoms with E-state index in [9.17, 15) is 0 Å². The largest absolute Gasteiger partial charge is 0.264 e. The summed E-state index contributed by atoms with van der Waals surface area (Å²) < 4.78 is 0. The van der Waals surface area contributed by atoms with E-state index in [2.05, 4.69) is 153 Å². The summed E-state index contributed by atoms with van der Waals surface area (Å²) in [5.41, 5.74) is 14.5. The first-order valence-electron chi connectivity index (χ1n) is 17.1. The van der Waals surface area contributed by atoms with Gasteiger partial charge in [0.15, 0.2) is 0 Å². The van der Waals surface area contributed by atoms with Crippen molar-refractivity contribution in [2.75, 3.05) is 0 Å². The maximum Gasteiger partial charge on any atom is 0.0346 e. The van der Waals surface area contributed by atoms with Gasteiger partial charge in [0, 0.05) is 12.4 Å². The molecule has 1 heteroatoms. The van der Waals surface area contributed by atoms with Crippen molar-refractivity contribution in [3.63, 3.8) is 0 Å². The van der Waals surface area contributed by atoms with E-state index in [1.807, 2.05) is 18.5 Å². The monoisotopic (exact) mass is 615 g/mol. The van der Waals surface area contributed by atoms with Crippen LogP contribution in [0.5, 0.6) is 0 Å². The predicted molar refractivity (Wildman–Crippen MR) is 205 cm³/mol. The molecule has 1 heterocycles. The van der Waals surface area contributed by atoms with Crippen LogP contribution in [0.1, 0.15) is 37.5 Å². The molecule has 0 saturated heterocycles. The minimum Gasteiger partial charge on any atom is -0.264 e. The maximum absolute atomic E-state index is 4.35. The highest BCUT2D eigenvalue weighted by Gasteiger charge is 2.24. The maximum atomic E-state index is 4.35. The summed E-state index contributed by atoms with van der Waals surface area (Å²) in [5.74, 6) is 0. The van der Waals surface area contributed by atoms with Gasteiger partial charge in [-0.15, -0.1) is 0 Å². The lowest BCUT2D eigenvalue weighted by atomic mass is 9.77. The number of nitrogens with zero attached hydrogens (tertiary/aromatic N) is 1. The van der Waals surface area contributed by atoms with Gasteiger partial charge in [0.25, 0.3) is 0 Å². The Hall–Kier alpha value is -5.53. The molecule has 0 aliphatic heterocycles. The molecule has 8 aromatic rings. The lowest BCUT2D eigenvalue weighted by molar-refractivity contribution is 0.590. The minimum absolute atomic E-state index is 0.106. The van der Waals surface area contributed by atoms with Gasteiger partial charge in [0.2, 0.25) is 0 Å². The predicted octanol–water partition coefficient (Wildman–Crippen LogP) is 12.6. The first-order valence-corrected chi connectivity index (χ1v) is 17.1. The van der Waals surface area contributed by atoms with Crippen LogP contribution in [0, 0.1) is 0 Å². The van der Waals surface area contributed by atoms with Gasteiger partial charge in [-0.3, -0.25) is 4.98 Å². The number of rotatable bonds is 4. The van der Waals surface area contributed by atoms with Gasteiger partial charge < -0.3 is 0 Å². The van der Waals surface area contributed by atoms with Crippen molar-refractivity contribution < 1.29 is 0 Å². The molecule has 0 amide bonds. The molecule has 230 valence electrons. The fourth-order valence-electron chi connectivity index (χ4n) is 7.86. The van der Waals surface area contributed by atoms with Crippen molar-refractivity contribution >= 4 is 32.3 Å². The third kappa shape index (κ3) is 4.73. The summed E-state index contributed by atoms with van der Waals surface area (Å²) in [6.07, 6.45) is 5.87. The average molecular weight is 616 g/mol. The third-order valence-electron chi connectivity index (χ3n) is 10.4. The quantitative estimate of drug-likeness (QED) is 0.180. The van der Waals surface area contributed by atoms with Gasteiger partial charge in [-0.25, -0.2) is 0 Å². The zero-order valence-electron chi connectivity index (χ0n) is 27.7. The summed E-state index contributed by atoms with van der Waals surface area (Å²) >= 11 is 0. The molecule has 0 fully saturated rings. The molecule has 7 aromatic carbocycles. The molecule has 1 aromatic heterocycles. The Morgan fingerprint density at radius 1 is 0.479 bits per heavy atom. The Morgan fingerprint density at radius 3 is 1.94 bits per heavy atom. The Balaban J connectivity index is 1.26. The summed E-state index contributed by atoms with van der Waals surface area (Å²) in [6, 6.07) is 49.8. The molecule has 1 aliphatic carbocycles.